The number of piperidine rings is 1. The van der Waals surface area contributed by atoms with Crippen LogP contribution in [-0.2, 0) is 11.8 Å². The third-order valence-electron chi connectivity index (χ3n) is 4.05. The average molecular weight is 289 g/mol. The third kappa shape index (κ3) is 3.00. The summed E-state index contributed by atoms with van der Waals surface area (Å²) in [6.45, 7) is 8.30. The van der Waals surface area contributed by atoms with Crippen LogP contribution in [0.2, 0.25) is 0 Å². The Labute approximate surface area is 124 Å². The molecule has 0 unspecified atom stereocenters. The van der Waals surface area contributed by atoms with E-state index in [1.807, 2.05) is 0 Å². The summed E-state index contributed by atoms with van der Waals surface area (Å²) in [5.41, 5.74) is 0.654. The molecule has 2 aromatic rings. The fourth-order valence-electron chi connectivity index (χ4n) is 2.75. The van der Waals surface area contributed by atoms with E-state index in [0.29, 0.717) is 11.7 Å². The Morgan fingerprint density at radius 3 is 2.67 bits per heavy atom. The first-order valence-corrected chi connectivity index (χ1v) is 7.63. The molecule has 6 heteroatoms. The summed E-state index contributed by atoms with van der Waals surface area (Å²) in [5.74, 6) is 1.88. The smallest absolute Gasteiger partial charge is 0.274 e. The molecule has 2 aromatic heterocycles. The molecule has 1 aliphatic rings. The van der Waals surface area contributed by atoms with Gasteiger partial charge in [-0.2, -0.15) is 9.50 Å². The van der Waals surface area contributed by atoms with Crippen molar-refractivity contribution in [3.05, 3.63) is 27.9 Å². The summed E-state index contributed by atoms with van der Waals surface area (Å²) >= 11 is 0. The van der Waals surface area contributed by atoms with E-state index in [4.69, 9.17) is 0 Å². The highest BCUT2D eigenvalue weighted by Gasteiger charge is 2.20. The molecule has 3 heterocycles. The van der Waals surface area contributed by atoms with Gasteiger partial charge in [0, 0.05) is 11.5 Å². The standard InChI is InChI=1S/C15H23N5O/c1-15(2,3)13-18-14-17-11(9-12(21)20(14)19-13)8-10-4-6-16-7-5-10/h9-10,16H,4-8H2,1-3H3,(H,17,18,19). The second-order valence-corrected chi connectivity index (χ2v) is 6.94. The molecule has 0 spiro atoms. The first kappa shape index (κ1) is 14.3. The van der Waals surface area contributed by atoms with Crippen LogP contribution < -0.4 is 10.9 Å². The van der Waals surface area contributed by atoms with E-state index >= 15 is 0 Å². The number of hydrogen-bond acceptors (Lipinski definition) is 4. The fraction of sp³-hybridized carbons (Fsp3) is 0.667. The second kappa shape index (κ2) is 5.26. The number of hydrogen-bond donors (Lipinski definition) is 2. The number of nitrogens with one attached hydrogen (secondary N) is 2. The highest BCUT2D eigenvalue weighted by molar-refractivity contribution is 5.29. The van der Waals surface area contributed by atoms with Crippen LogP contribution in [-0.4, -0.2) is 32.7 Å². The molecule has 114 valence electrons. The van der Waals surface area contributed by atoms with Gasteiger partial charge in [-0.1, -0.05) is 20.8 Å². The van der Waals surface area contributed by atoms with Crippen molar-refractivity contribution in [1.29, 1.82) is 0 Å². The minimum atomic E-state index is -0.130. The van der Waals surface area contributed by atoms with Crippen LogP contribution in [0, 0.1) is 5.92 Å². The van der Waals surface area contributed by atoms with Gasteiger partial charge in [0.15, 0.2) is 0 Å². The molecule has 2 N–H and O–H groups in total. The molecule has 3 rings (SSSR count). The Morgan fingerprint density at radius 2 is 2.00 bits per heavy atom. The van der Waals surface area contributed by atoms with Gasteiger partial charge in [-0.3, -0.25) is 9.89 Å². The Morgan fingerprint density at radius 1 is 1.29 bits per heavy atom. The van der Waals surface area contributed by atoms with Crippen molar-refractivity contribution in [2.75, 3.05) is 13.1 Å². The Hall–Kier alpha value is -1.69. The number of rotatable bonds is 2. The predicted molar refractivity (Wildman–Crippen MR) is 81.6 cm³/mol. The Bertz CT molecular complexity index is 688. The molecular formula is C15H23N5O. The van der Waals surface area contributed by atoms with Gasteiger partial charge in [0.05, 0.1) is 5.69 Å². The number of H-pyrrole nitrogens is 1. The fourth-order valence-corrected chi connectivity index (χ4v) is 2.75. The van der Waals surface area contributed by atoms with Gasteiger partial charge in [0.2, 0.25) is 0 Å². The Balaban J connectivity index is 1.92. The van der Waals surface area contributed by atoms with Crippen molar-refractivity contribution < 1.29 is 0 Å². The van der Waals surface area contributed by atoms with Crippen LogP contribution in [0.4, 0.5) is 0 Å². The van der Waals surface area contributed by atoms with Crippen LogP contribution in [0.3, 0.4) is 0 Å². The Kier molecular flexibility index (Phi) is 3.57. The van der Waals surface area contributed by atoms with Crippen LogP contribution in [0.1, 0.15) is 45.1 Å². The maximum absolute atomic E-state index is 12.2. The molecule has 0 radical (unpaired) electrons. The number of aromatic amines is 1. The molecule has 21 heavy (non-hydrogen) atoms. The van der Waals surface area contributed by atoms with Crippen molar-refractivity contribution in [1.82, 2.24) is 24.9 Å². The normalized spacial score (nSPS) is 17.5. The summed E-state index contributed by atoms with van der Waals surface area (Å²) in [6.07, 6.45) is 3.16. The van der Waals surface area contributed by atoms with Crippen LogP contribution >= 0.6 is 0 Å². The van der Waals surface area contributed by atoms with Gasteiger partial charge in [-0.25, -0.2) is 4.98 Å². The highest BCUT2D eigenvalue weighted by Crippen LogP contribution is 2.19. The lowest BCUT2D eigenvalue weighted by Crippen LogP contribution is -2.29. The second-order valence-electron chi connectivity index (χ2n) is 6.94. The van der Waals surface area contributed by atoms with Gasteiger partial charge in [0.1, 0.15) is 5.82 Å². The molecule has 0 saturated carbocycles. The molecule has 0 atom stereocenters. The SMILES string of the molecule is CC(C)(C)c1nc2nc(CC3CCNCC3)cc(=O)n2[nH]1. The lowest BCUT2D eigenvalue weighted by Gasteiger charge is -2.21. The first-order valence-electron chi connectivity index (χ1n) is 7.63. The summed E-state index contributed by atoms with van der Waals surface area (Å²) in [6, 6.07) is 1.64. The largest absolute Gasteiger partial charge is 0.317 e. The van der Waals surface area contributed by atoms with E-state index in [1.54, 1.807) is 6.07 Å². The number of aromatic nitrogens is 4. The van der Waals surface area contributed by atoms with E-state index < -0.39 is 0 Å². The molecule has 1 aliphatic heterocycles. The molecule has 0 aliphatic carbocycles. The monoisotopic (exact) mass is 289 g/mol. The van der Waals surface area contributed by atoms with E-state index in [0.717, 1.165) is 43.9 Å². The molecule has 1 saturated heterocycles. The van der Waals surface area contributed by atoms with Gasteiger partial charge in [0.25, 0.3) is 11.3 Å². The number of fused-ring (bicyclic) bond motifs is 1. The topological polar surface area (TPSA) is 75.1 Å². The molecular weight excluding hydrogens is 266 g/mol. The van der Waals surface area contributed by atoms with E-state index in [2.05, 4.69) is 41.2 Å². The number of nitrogens with zero attached hydrogens (tertiary/aromatic N) is 3. The molecule has 0 aromatic carbocycles. The van der Waals surface area contributed by atoms with E-state index in [9.17, 15) is 4.79 Å². The van der Waals surface area contributed by atoms with E-state index in [-0.39, 0.29) is 11.0 Å². The van der Waals surface area contributed by atoms with Crippen molar-refractivity contribution in [3.8, 4) is 0 Å². The maximum atomic E-state index is 12.2. The van der Waals surface area contributed by atoms with Gasteiger partial charge >= 0.3 is 0 Å². The average Bonchev–Trinajstić information content (AvgIpc) is 2.84. The third-order valence-corrected chi connectivity index (χ3v) is 4.05. The highest BCUT2D eigenvalue weighted by atomic mass is 16.1. The lowest BCUT2D eigenvalue weighted by atomic mass is 9.93. The van der Waals surface area contributed by atoms with Gasteiger partial charge in [-0.15, -0.1) is 0 Å². The first-order chi connectivity index (χ1) is 9.93. The van der Waals surface area contributed by atoms with Crippen LogP contribution in [0.5, 0.6) is 0 Å². The summed E-state index contributed by atoms with van der Waals surface area (Å²) in [4.78, 5) is 21.3. The van der Waals surface area contributed by atoms with Crippen molar-refractivity contribution in [2.24, 2.45) is 5.92 Å². The molecule has 0 bridgehead atoms. The molecule has 6 nitrogen and oxygen atoms in total. The zero-order valence-electron chi connectivity index (χ0n) is 12.9. The summed E-state index contributed by atoms with van der Waals surface area (Å²) < 4.78 is 1.44. The van der Waals surface area contributed by atoms with Crippen molar-refractivity contribution in [2.45, 2.75) is 45.4 Å². The van der Waals surface area contributed by atoms with E-state index in [1.165, 1.54) is 4.52 Å². The quantitative estimate of drug-likeness (QED) is 0.872. The predicted octanol–water partition coefficient (Wildman–Crippen LogP) is 1.26. The van der Waals surface area contributed by atoms with Crippen LogP contribution in [0.15, 0.2) is 10.9 Å². The molecule has 0 amide bonds. The van der Waals surface area contributed by atoms with Gasteiger partial charge < -0.3 is 5.32 Å². The van der Waals surface area contributed by atoms with Gasteiger partial charge in [-0.05, 0) is 38.3 Å². The van der Waals surface area contributed by atoms with Crippen molar-refractivity contribution >= 4 is 5.78 Å². The zero-order chi connectivity index (χ0) is 15.0. The zero-order valence-corrected chi connectivity index (χ0v) is 12.9. The summed E-state index contributed by atoms with van der Waals surface area (Å²) in [7, 11) is 0. The maximum Gasteiger partial charge on any atom is 0.274 e. The molecule has 1 fully saturated rings. The summed E-state index contributed by atoms with van der Waals surface area (Å²) in [5, 5.41) is 6.41. The van der Waals surface area contributed by atoms with Crippen LogP contribution in [0.25, 0.3) is 5.78 Å². The minimum Gasteiger partial charge on any atom is -0.317 e. The minimum absolute atomic E-state index is 0.0769. The van der Waals surface area contributed by atoms with Crippen molar-refractivity contribution in [3.63, 3.8) is 0 Å². The lowest BCUT2D eigenvalue weighted by molar-refractivity contribution is 0.370.